The molecule has 0 saturated carbocycles. The second kappa shape index (κ2) is 6.26. The van der Waals surface area contributed by atoms with Gasteiger partial charge < -0.3 is 10.5 Å². The van der Waals surface area contributed by atoms with E-state index in [9.17, 15) is 0 Å². The molecule has 2 N–H and O–H groups in total. The SMILES string of the molecule is CCSCC(N)c1ccc(Cl)c(OC)c1. The fraction of sp³-hybridized carbons (Fsp3) is 0.455. The Morgan fingerprint density at radius 3 is 2.87 bits per heavy atom. The molecule has 0 amide bonds. The molecule has 4 heteroatoms. The Balaban J connectivity index is 2.76. The fourth-order valence-corrected chi connectivity index (χ4v) is 2.12. The van der Waals surface area contributed by atoms with Gasteiger partial charge in [-0.2, -0.15) is 11.8 Å². The summed E-state index contributed by atoms with van der Waals surface area (Å²) in [5.41, 5.74) is 7.10. The third kappa shape index (κ3) is 3.59. The van der Waals surface area contributed by atoms with Gasteiger partial charge in [0.25, 0.3) is 0 Å². The van der Waals surface area contributed by atoms with Crippen molar-refractivity contribution in [1.29, 1.82) is 0 Å². The Kier molecular flexibility index (Phi) is 5.29. The molecule has 0 saturated heterocycles. The molecule has 1 rings (SSSR count). The summed E-state index contributed by atoms with van der Waals surface area (Å²) in [6.07, 6.45) is 0. The molecule has 0 radical (unpaired) electrons. The first-order chi connectivity index (χ1) is 7.19. The lowest BCUT2D eigenvalue weighted by molar-refractivity contribution is 0.414. The molecule has 0 fully saturated rings. The summed E-state index contributed by atoms with van der Waals surface area (Å²) in [4.78, 5) is 0. The predicted octanol–water partition coefficient (Wildman–Crippen LogP) is 3.10. The number of thioether (sulfide) groups is 1. The van der Waals surface area contributed by atoms with Crippen molar-refractivity contribution >= 4 is 23.4 Å². The van der Waals surface area contributed by atoms with Gasteiger partial charge in [0.2, 0.25) is 0 Å². The van der Waals surface area contributed by atoms with Crippen molar-refractivity contribution in [3.05, 3.63) is 28.8 Å². The highest BCUT2D eigenvalue weighted by atomic mass is 35.5. The number of methoxy groups -OCH3 is 1. The Morgan fingerprint density at radius 1 is 1.53 bits per heavy atom. The molecular formula is C11H16ClNOS. The van der Waals surface area contributed by atoms with Gasteiger partial charge in [-0.05, 0) is 23.4 Å². The van der Waals surface area contributed by atoms with Crippen LogP contribution in [0.5, 0.6) is 5.75 Å². The summed E-state index contributed by atoms with van der Waals surface area (Å²) in [7, 11) is 1.61. The quantitative estimate of drug-likeness (QED) is 0.866. The maximum Gasteiger partial charge on any atom is 0.137 e. The van der Waals surface area contributed by atoms with Crippen LogP contribution >= 0.6 is 23.4 Å². The lowest BCUT2D eigenvalue weighted by atomic mass is 10.1. The van der Waals surface area contributed by atoms with Crippen LogP contribution in [0.15, 0.2) is 18.2 Å². The molecular weight excluding hydrogens is 230 g/mol. The molecule has 0 aliphatic carbocycles. The van der Waals surface area contributed by atoms with Gasteiger partial charge >= 0.3 is 0 Å². The van der Waals surface area contributed by atoms with E-state index in [0.717, 1.165) is 17.1 Å². The maximum absolute atomic E-state index is 6.04. The van der Waals surface area contributed by atoms with Crippen LogP contribution in [0.1, 0.15) is 18.5 Å². The summed E-state index contributed by atoms with van der Waals surface area (Å²) in [5.74, 6) is 2.69. The Hall–Kier alpha value is -0.380. The molecule has 15 heavy (non-hydrogen) atoms. The van der Waals surface area contributed by atoms with E-state index < -0.39 is 0 Å². The van der Waals surface area contributed by atoms with Gasteiger partial charge in [0.1, 0.15) is 5.75 Å². The van der Waals surface area contributed by atoms with Crippen molar-refractivity contribution in [3.8, 4) is 5.75 Å². The minimum absolute atomic E-state index is 0.0427. The Labute approximate surface area is 100 Å². The Bertz CT molecular complexity index is 319. The minimum Gasteiger partial charge on any atom is -0.495 e. The first-order valence-electron chi connectivity index (χ1n) is 4.85. The number of nitrogens with two attached hydrogens (primary N) is 1. The van der Waals surface area contributed by atoms with E-state index in [1.807, 2.05) is 30.0 Å². The van der Waals surface area contributed by atoms with Crippen LogP contribution in [0.25, 0.3) is 0 Å². The maximum atomic E-state index is 6.04. The van der Waals surface area contributed by atoms with Crippen molar-refractivity contribution in [2.75, 3.05) is 18.6 Å². The average molecular weight is 246 g/mol. The van der Waals surface area contributed by atoms with E-state index in [-0.39, 0.29) is 6.04 Å². The molecule has 0 aliphatic rings. The summed E-state index contributed by atoms with van der Waals surface area (Å²) in [6, 6.07) is 5.72. The third-order valence-electron chi connectivity index (χ3n) is 2.10. The van der Waals surface area contributed by atoms with Gasteiger partial charge in [-0.25, -0.2) is 0 Å². The van der Waals surface area contributed by atoms with Crippen LogP contribution in [-0.4, -0.2) is 18.6 Å². The van der Waals surface area contributed by atoms with Gasteiger partial charge in [-0.3, -0.25) is 0 Å². The van der Waals surface area contributed by atoms with E-state index >= 15 is 0 Å². The summed E-state index contributed by atoms with van der Waals surface area (Å²) < 4.78 is 5.15. The van der Waals surface area contributed by atoms with E-state index in [4.69, 9.17) is 22.1 Å². The highest BCUT2D eigenvalue weighted by Crippen LogP contribution is 2.28. The van der Waals surface area contributed by atoms with Gasteiger partial charge in [0.15, 0.2) is 0 Å². The lowest BCUT2D eigenvalue weighted by Crippen LogP contribution is -2.13. The van der Waals surface area contributed by atoms with E-state index in [1.165, 1.54) is 0 Å². The largest absolute Gasteiger partial charge is 0.495 e. The zero-order chi connectivity index (χ0) is 11.3. The van der Waals surface area contributed by atoms with Crippen molar-refractivity contribution in [2.24, 2.45) is 5.73 Å². The van der Waals surface area contributed by atoms with E-state index in [0.29, 0.717) is 10.8 Å². The molecule has 1 unspecified atom stereocenters. The van der Waals surface area contributed by atoms with Gasteiger partial charge in [0.05, 0.1) is 12.1 Å². The second-order valence-corrected chi connectivity index (χ2v) is 4.89. The van der Waals surface area contributed by atoms with Gasteiger partial charge in [0, 0.05) is 11.8 Å². The molecule has 0 aromatic heterocycles. The molecule has 0 heterocycles. The summed E-state index contributed by atoms with van der Waals surface area (Å²) >= 11 is 7.76. The smallest absolute Gasteiger partial charge is 0.137 e. The standard InChI is InChI=1S/C11H16ClNOS/c1-3-15-7-10(13)8-4-5-9(12)11(6-8)14-2/h4-6,10H,3,7,13H2,1-2H3. The van der Waals surface area contributed by atoms with Gasteiger partial charge in [-0.15, -0.1) is 0 Å². The number of ether oxygens (including phenoxy) is 1. The second-order valence-electron chi connectivity index (χ2n) is 3.16. The van der Waals surface area contributed by atoms with Crippen LogP contribution < -0.4 is 10.5 Å². The van der Waals surface area contributed by atoms with Crippen LogP contribution in [0.4, 0.5) is 0 Å². The van der Waals surface area contributed by atoms with Crippen molar-refractivity contribution in [2.45, 2.75) is 13.0 Å². The normalized spacial score (nSPS) is 12.5. The average Bonchev–Trinajstić information content (AvgIpc) is 2.26. The topological polar surface area (TPSA) is 35.2 Å². The number of rotatable bonds is 5. The molecule has 0 spiro atoms. The molecule has 2 nitrogen and oxygen atoms in total. The highest BCUT2D eigenvalue weighted by Gasteiger charge is 2.08. The zero-order valence-electron chi connectivity index (χ0n) is 9.00. The monoisotopic (exact) mass is 245 g/mol. The molecule has 0 aliphatic heterocycles. The third-order valence-corrected chi connectivity index (χ3v) is 3.42. The number of halogens is 1. The number of hydrogen-bond donors (Lipinski definition) is 1. The first kappa shape index (κ1) is 12.7. The molecule has 0 bridgehead atoms. The van der Waals surface area contributed by atoms with Crippen LogP contribution in [0.2, 0.25) is 5.02 Å². The van der Waals surface area contributed by atoms with Crippen LogP contribution in [0.3, 0.4) is 0 Å². The van der Waals surface area contributed by atoms with Crippen molar-refractivity contribution in [3.63, 3.8) is 0 Å². The zero-order valence-corrected chi connectivity index (χ0v) is 10.6. The molecule has 1 aromatic rings. The molecule has 1 atom stereocenters. The highest BCUT2D eigenvalue weighted by molar-refractivity contribution is 7.99. The van der Waals surface area contributed by atoms with Crippen LogP contribution in [0, 0.1) is 0 Å². The van der Waals surface area contributed by atoms with Crippen molar-refractivity contribution in [1.82, 2.24) is 0 Å². The van der Waals surface area contributed by atoms with Crippen LogP contribution in [-0.2, 0) is 0 Å². The summed E-state index contributed by atoms with van der Waals surface area (Å²) in [6.45, 7) is 2.12. The fourth-order valence-electron chi connectivity index (χ4n) is 1.25. The summed E-state index contributed by atoms with van der Waals surface area (Å²) in [5, 5.41) is 0.622. The minimum atomic E-state index is 0.0427. The number of benzene rings is 1. The Morgan fingerprint density at radius 2 is 2.27 bits per heavy atom. The first-order valence-corrected chi connectivity index (χ1v) is 6.39. The predicted molar refractivity (Wildman–Crippen MR) is 67.9 cm³/mol. The lowest BCUT2D eigenvalue weighted by Gasteiger charge is -2.13. The number of hydrogen-bond acceptors (Lipinski definition) is 3. The van der Waals surface area contributed by atoms with Gasteiger partial charge in [-0.1, -0.05) is 24.6 Å². The van der Waals surface area contributed by atoms with E-state index in [1.54, 1.807) is 7.11 Å². The van der Waals surface area contributed by atoms with Crippen molar-refractivity contribution < 1.29 is 4.74 Å². The molecule has 1 aromatic carbocycles. The van der Waals surface area contributed by atoms with E-state index in [2.05, 4.69) is 6.92 Å². The molecule has 84 valence electrons.